The van der Waals surface area contributed by atoms with Crippen LogP contribution in [0.15, 0.2) is 24.3 Å². The van der Waals surface area contributed by atoms with Crippen LogP contribution in [0.3, 0.4) is 0 Å². The van der Waals surface area contributed by atoms with Gasteiger partial charge in [0.2, 0.25) is 5.13 Å². The van der Waals surface area contributed by atoms with E-state index in [9.17, 15) is 0 Å². The number of hydrogen-bond donors (Lipinski definition) is 1. The van der Waals surface area contributed by atoms with E-state index in [4.69, 9.17) is 4.74 Å². The van der Waals surface area contributed by atoms with Crippen molar-refractivity contribution < 1.29 is 4.74 Å². The summed E-state index contributed by atoms with van der Waals surface area (Å²) < 4.78 is 5.58. The van der Waals surface area contributed by atoms with E-state index in [1.54, 1.807) is 11.3 Å². The molecule has 2 heterocycles. The maximum absolute atomic E-state index is 5.58. The summed E-state index contributed by atoms with van der Waals surface area (Å²) in [6.45, 7) is 3.33. The van der Waals surface area contributed by atoms with E-state index in [1.165, 1.54) is 11.1 Å². The van der Waals surface area contributed by atoms with E-state index in [0.717, 1.165) is 10.1 Å². The molecule has 1 unspecified atom stereocenters. The summed E-state index contributed by atoms with van der Waals surface area (Å²) in [5.41, 5.74) is 2.55. The number of anilines is 1. The lowest BCUT2D eigenvalue weighted by atomic mass is 9.99. The van der Waals surface area contributed by atoms with Crippen LogP contribution < -0.4 is 5.32 Å². The lowest BCUT2D eigenvalue weighted by molar-refractivity contribution is 0.0970. The van der Waals surface area contributed by atoms with Crippen molar-refractivity contribution >= 4 is 16.5 Å². The highest BCUT2D eigenvalue weighted by Crippen LogP contribution is 2.28. The van der Waals surface area contributed by atoms with E-state index < -0.39 is 0 Å². The first kappa shape index (κ1) is 10.7. The van der Waals surface area contributed by atoms with E-state index in [0.29, 0.717) is 13.2 Å². The fourth-order valence-corrected chi connectivity index (χ4v) is 2.65. The highest BCUT2D eigenvalue weighted by molar-refractivity contribution is 7.15. The summed E-state index contributed by atoms with van der Waals surface area (Å²) in [4.78, 5) is 0. The monoisotopic (exact) mass is 247 g/mol. The van der Waals surface area contributed by atoms with Crippen molar-refractivity contribution in [1.82, 2.24) is 10.2 Å². The minimum Gasteiger partial charge on any atom is -0.374 e. The topological polar surface area (TPSA) is 47.0 Å². The second-order valence-electron chi connectivity index (χ2n) is 4.04. The van der Waals surface area contributed by atoms with Gasteiger partial charge in [-0.2, -0.15) is 0 Å². The van der Waals surface area contributed by atoms with Gasteiger partial charge in [-0.3, -0.25) is 0 Å². The zero-order valence-electron chi connectivity index (χ0n) is 9.51. The Morgan fingerprint density at radius 1 is 1.35 bits per heavy atom. The number of rotatable bonds is 2. The largest absolute Gasteiger partial charge is 0.374 e. The Hall–Kier alpha value is -1.46. The summed E-state index contributed by atoms with van der Waals surface area (Å²) in [7, 11) is 0. The molecule has 1 aliphatic rings. The summed E-state index contributed by atoms with van der Waals surface area (Å²) >= 11 is 1.57. The number of nitrogens with zero attached hydrogens (tertiary/aromatic N) is 2. The molecule has 88 valence electrons. The third kappa shape index (κ3) is 2.16. The second kappa shape index (κ2) is 4.43. The Morgan fingerprint density at radius 3 is 3.06 bits per heavy atom. The highest BCUT2D eigenvalue weighted by Gasteiger charge is 2.20. The van der Waals surface area contributed by atoms with Gasteiger partial charge in [-0.25, -0.2) is 0 Å². The molecule has 0 aliphatic carbocycles. The standard InChI is InChI=1S/C12H13N3OS/c1-8-14-15-12(17-8)13-11-7-16-6-9-4-2-3-5-10(9)11/h2-5,11H,6-7H2,1H3,(H,13,15). The molecule has 0 fully saturated rings. The number of nitrogens with one attached hydrogen (secondary N) is 1. The molecule has 4 nitrogen and oxygen atoms in total. The molecule has 5 heteroatoms. The van der Waals surface area contributed by atoms with Crippen molar-refractivity contribution in [3.05, 3.63) is 40.4 Å². The first-order valence-corrected chi connectivity index (χ1v) is 6.37. The van der Waals surface area contributed by atoms with Crippen LogP contribution in [-0.2, 0) is 11.3 Å². The Labute approximate surface area is 104 Å². The minimum atomic E-state index is 0.173. The molecular formula is C12H13N3OS. The van der Waals surface area contributed by atoms with Crippen LogP contribution in [0, 0.1) is 6.92 Å². The minimum absolute atomic E-state index is 0.173. The quantitative estimate of drug-likeness (QED) is 0.886. The fraction of sp³-hybridized carbons (Fsp3) is 0.333. The molecule has 1 N–H and O–H groups in total. The van der Waals surface area contributed by atoms with E-state index in [1.807, 2.05) is 13.0 Å². The van der Waals surface area contributed by atoms with Gasteiger partial charge < -0.3 is 10.1 Å². The van der Waals surface area contributed by atoms with Gasteiger partial charge in [0.25, 0.3) is 0 Å². The van der Waals surface area contributed by atoms with Crippen molar-refractivity contribution in [3.63, 3.8) is 0 Å². The van der Waals surface area contributed by atoms with Crippen LogP contribution in [0.1, 0.15) is 22.2 Å². The van der Waals surface area contributed by atoms with E-state index >= 15 is 0 Å². The van der Waals surface area contributed by atoms with Gasteiger partial charge in [-0.15, -0.1) is 10.2 Å². The summed E-state index contributed by atoms with van der Waals surface area (Å²) in [5, 5.41) is 13.3. The van der Waals surface area contributed by atoms with Crippen molar-refractivity contribution in [2.75, 3.05) is 11.9 Å². The molecule has 0 spiro atoms. The van der Waals surface area contributed by atoms with Crippen molar-refractivity contribution in [1.29, 1.82) is 0 Å². The average molecular weight is 247 g/mol. The summed E-state index contributed by atoms with van der Waals surface area (Å²) in [5.74, 6) is 0. The molecule has 2 aromatic rings. The molecule has 1 aromatic heterocycles. The van der Waals surface area contributed by atoms with Crippen molar-refractivity contribution in [3.8, 4) is 0 Å². The van der Waals surface area contributed by atoms with Crippen LogP contribution in [0.5, 0.6) is 0 Å². The first-order chi connectivity index (χ1) is 8.33. The third-order valence-electron chi connectivity index (χ3n) is 2.80. The zero-order valence-corrected chi connectivity index (χ0v) is 10.3. The van der Waals surface area contributed by atoms with Gasteiger partial charge in [0.1, 0.15) is 5.01 Å². The Bertz CT molecular complexity index is 526. The molecule has 1 aromatic carbocycles. The number of aromatic nitrogens is 2. The average Bonchev–Trinajstić information content (AvgIpc) is 2.75. The second-order valence-corrected chi connectivity index (χ2v) is 5.22. The number of aryl methyl sites for hydroxylation is 1. The molecule has 0 bridgehead atoms. The van der Waals surface area contributed by atoms with Crippen molar-refractivity contribution in [2.24, 2.45) is 0 Å². The lowest BCUT2D eigenvalue weighted by Crippen LogP contribution is -2.23. The van der Waals surface area contributed by atoms with Crippen LogP contribution >= 0.6 is 11.3 Å². The number of benzene rings is 1. The molecule has 0 radical (unpaired) electrons. The number of fused-ring (bicyclic) bond motifs is 1. The first-order valence-electron chi connectivity index (χ1n) is 5.55. The number of hydrogen-bond acceptors (Lipinski definition) is 5. The molecule has 1 atom stereocenters. The normalized spacial score (nSPS) is 18.8. The fourth-order valence-electron chi connectivity index (χ4n) is 2.01. The van der Waals surface area contributed by atoms with Gasteiger partial charge in [0.15, 0.2) is 0 Å². The zero-order chi connectivity index (χ0) is 11.7. The van der Waals surface area contributed by atoms with Crippen LogP contribution in [0.2, 0.25) is 0 Å². The van der Waals surface area contributed by atoms with Crippen LogP contribution in [0.4, 0.5) is 5.13 Å². The van der Waals surface area contributed by atoms with E-state index in [-0.39, 0.29) is 6.04 Å². The van der Waals surface area contributed by atoms with Gasteiger partial charge in [-0.1, -0.05) is 35.6 Å². The van der Waals surface area contributed by atoms with Crippen molar-refractivity contribution in [2.45, 2.75) is 19.6 Å². The molecular weight excluding hydrogens is 234 g/mol. The smallest absolute Gasteiger partial charge is 0.206 e. The predicted molar refractivity (Wildman–Crippen MR) is 67.1 cm³/mol. The lowest BCUT2D eigenvalue weighted by Gasteiger charge is -2.26. The van der Waals surface area contributed by atoms with Gasteiger partial charge in [-0.05, 0) is 18.1 Å². The molecule has 17 heavy (non-hydrogen) atoms. The molecule has 3 rings (SSSR count). The predicted octanol–water partition coefficient (Wildman–Crippen LogP) is 2.53. The Kier molecular flexibility index (Phi) is 2.78. The number of ether oxygens (including phenoxy) is 1. The SMILES string of the molecule is Cc1nnc(NC2COCc3ccccc32)s1. The summed E-state index contributed by atoms with van der Waals surface area (Å²) in [6.07, 6.45) is 0. The summed E-state index contributed by atoms with van der Waals surface area (Å²) in [6, 6.07) is 8.52. The molecule has 0 saturated carbocycles. The molecule has 0 saturated heterocycles. The Balaban J connectivity index is 1.85. The third-order valence-corrected chi connectivity index (χ3v) is 3.57. The van der Waals surface area contributed by atoms with Crippen LogP contribution in [-0.4, -0.2) is 16.8 Å². The van der Waals surface area contributed by atoms with Crippen LogP contribution in [0.25, 0.3) is 0 Å². The maximum atomic E-state index is 5.58. The van der Waals surface area contributed by atoms with Gasteiger partial charge in [0, 0.05) is 0 Å². The molecule has 0 amide bonds. The molecule has 1 aliphatic heterocycles. The maximum Gasteiger partial charge on any atom is 0.206 e. The highest BCUT2D eigenvalue weighted by atomic mass is 32.1. The van der Waals surface area contributed by atoms with E-state index in [2.05, 4.69) is 33.7 Å². The Morgan fingerprint density at radius 2 is 2.24 bits per heavy atom. The van der Waals surface area contributed by atoms with Gasteiger partial charge in [0.05, 0.1) is 19.3 Å². The van der Waals surface area contributed by atoms with Gasteiger partial charge >= 0.3 is 0 Å².